The van der Waals surface area contributed by atoms with Gasteiger partial charge in [-0.3, -0.25) is 0 Å². The zero-order chi connectivity index (χ0) is 9.03. The zero-order valence-electron chi connectivity index (χ0n) is 7.45. The fourth-order valence-corrected chi connectivity index (χ4v) is 2.65. The molecule has 0 saturated heterocycles. The minimum absolute atomic E-state index is 0.564. The van der Waals surface area contributed by atoms with Crippen LogP contribution in [0, 0.1) is 0 Å². The van der Waals surface area contributed by atoms with Gasteiger partial charge in [-0.25, -0.2) is 0 Å². The first-order valence-electron chi connectivity index (χ1n) is 4.08. The maximum atomic E-state index is 9.90. The van der Waals surface area contributed by atoms with Crippen molar-refractivity contribution in [2.45, 2.75) is 13.5 Å². The summed E-state index contributed by atoms with van der Waals surface area (Å²) < 4.78 is 5.31. The lowest BCUT2D eigenvalue weighted by Crippen LogP contribution is -2.48. The van der Waals surface area contributed by atoms with Gasteiger partial charge in [0.25, 0.3) is 0 Å². The Morgan fingerprint density at radius 2 is 1.92 bits per heavy atom. The van der Waals surface area contributed by atoms with Crippen LogP contribution in [-0.4, -0.2) is 20.0 Å². The van der Waals surface area contributed by atoms with Gasteiger partial charge >= 0.3 is 8.56 Å². The van der Waals surface area contributed by atoms with Crippen LogP contribution in [0.1, 0.15) is 6.92 Å². The highest BCUT2D eigenvalue weighted by molar-refractivity contribution is 6.78. The Bertz CT molecular complexity index is 234. The summed E-state index contributed by atoms with van der Waals surface area (Å²) in [4.78, 5) is 9.90. The van der Waals surface area contributed by atoms with Gasteiger partial charge in [0.05, 0.1) is 0 Å². The summed E-state index contributed by atoms with van der Waals surface area (Å²) in [5, 5.41) is 0.923. The van der Waals surface area contributed by atoms with Gasteiger partial charge in [0.1, 0.15) is 0 Å². The summed E-state index contributed by atoms with van der Waals surface area (Å²) in [6.07, 6.45) is 0. The maximum absolute atomic E-state index is 9.90. The van der Waals surface area contributed by atoms with Gasteiger partial charge in [0.2, 0.25) is 0 Å². The van der Waals surface area contributed by atoms with E-state index in [9.17, 15) is 4.80 Å². The van der Waals surface area contributed by atoms with Crippen LogP contribution in [0.4, 0.5) is 0 Å². The Morgan fingerprint density at radius 3 is 2.42 bits per heavy atom. The summed E-state index contributed by atoms with van der Waals surface area (Å²) in [6, 6.07) is 9.56. The van der Waals surface area contributed by atoms with Crippen LogP contribution in [0.3, 0.4) is 0 Å². The molecule has 0 aliphatic carbocycles. The second-order valence-electron chi connectivity index (χ2n) is 2.78. The molecule has 1 N–H and O–H groups in total. The molecule has 66 valence electrons. The second kappa shape index (κ2) is 3.84. The van der Waals surface area contributed by atoms with Gasteiger partial charge in [0.15, 0.2) is 0 Å². The van der Waals surface area contributed by atoms with Gasteiger partial charge in [0, 0.05) is 6.61 Å². The zero-order valence-corrected chi connectivity index (χ0v) is 8.45. The highest BCUT2D eigenvalue weighted by Gasteiger charge is 2.28. The van der Waals surface area contributed by atoms with E-state index in [0.29, 0.717) is 6.61 Å². The SMILES string of the molecule is CCO[Si](C)(O)c1ccccc1. The Kier molecular flexibility index (Phi) is 3.03. The van der Waals surface area contributed by atoms with Crippen molar-refractivity contribution in [2.24, 2.45) is 0 Å². The average Bonchev–Trinajstić information content (AvgIpc) is 2.06. The largest absolute Gasteiger partial charge is 0.407 e. The van der Waals surface area contributed by atoms with E-state index in [-0.39, 0.29) is 0 Å². The molecule has 0 amide bonds. The average molecular weight is 182 g/mol. The van der Waals surface area contributed by atoms with E-state index in [1.807, 2.05) is 37.3 Å². The molecule has 0 fully saturated rings. The lowest BCUT2D eigenvalue weighted by molar-refractivity contribution is 0.263. The Hall–Kier alpha value is -0.643. The van der Waals surface area contributed by atoms with Crippen LogP contribution < -0.4 is 5.19 Å². The number of hydrogen-bond donors (Lipinski definition) is 1. The Balaban J connectivity index is 2.82. The molecule has 1 aromatic carbocycles. The van der Waals surface area contributed by atoms with E-state index in [1.54, 1.807) is 6.55 Å². The molecule has 0 radical (unpaired) electrons. The Morgan fingerprint density at radius 1 is 1.33 bits per heavy atom. The molecule has 0 bridgehead atoms. The van der Waals surface area contributed by atoms with Crippen molar-refractivity contribution in [1.29, 1.82) is 0 Å². The van der Waals surface area contributed by atoms with Gasteiger partial charge in [-0.2, -0.15) is 0 Å². The molecule has 0 aromatic heterocycles. The monoisotopic (exact) mass is 182 g/mol. The van der Waals surface area contributed by atoms with Crippen LogP contribution >= 0.6 is 0 Å². The van der Waals surface area contributed by atoms with Crippen LogP contribution in [-0.2, 0) is 4.43 Å². The van der Waals surface area contributed by atoms with Crippen molar-refractivity contribution >= 4 is 13.7 Å². The second-order valence-corrected chi connectivity index (χ2v) is 5.61. The maximum Gasteiger partial charge on any atom is 0.366 e. The van der Waals surface area contributed by atoms with E-state index in [1.165, 1.54) is 0 Å². The summed E-state index contributed by atoms with van der Waals surface area (Å²) in [5.74, 6) is 0. The summed E-state index contributed by atoms with van der Waals surface area (Å²) in [5.41, 5.74) is 0. The minimum Gasteiger partial charge on any atom is -0.407 e. The molecule has 0 aliphatic heterocycles. The molecule has 2 nitrogen and oxygen atoms in total. The van der Waals surface area contributed by atoms with Gasteiger partial charge < -0.3 is 9.22 Å². The standard InChI is InChI=1S/C9H14O2Si/c1-3-11-12(2,10)9-7-5-4-6-8-9/h4-8,10H,3H2,1-2H3. The molecule has 1 rings (SSSR count). The summed E-state index contributed by atoms with van der Waals surface area (Å²) >= 11 is 0. The fraction of sp³-hybridized carbons (Fsp3) is 0.333. The molecule has 0 saturated carbocycles. The van der Waals surface area contributed by atoms with E-state index in [2.05, 4.69) is 0 Å². The van der Waals surface area contributed by atoms with Gasteiger partial charge in [-0.05, 0) is 18.7 Å². The molecule has 1 unspecified atom stereocenters. The lowest BCUT2D eigenvalue weighted by Gasteiger charge is -2.19. The van der Waals surface area contributed by atoms with Crippen molar-refractivity contribution in [3.63, 3.8) is 0 Å². The normalized spacial score (nSPS) is 15.6. The van der Waals surface area contributed by atoms with E-state index in [0.717, 1.165) is 5.19 Å². The molecule has 0 spiro atoms. The first-order valence-corrected chi connectivity index (χ1v) is 6.44. The third kappa shape index (κ3) is 2.17. The predicted molar refractivity (Wildman–Crippen MR) is 51.5 cm³/mol. The fourth-order valence-electron chi connectivity index (χ4n) is 1.11. The molecule has 3 heteroatoms. The molecule has 1 atom stereocenters. The molecule has 0 heterocycles. The van der Waals surface area contributed by atoms with Gasteiger partial charge in [-0.15, -0.1) is 0 Å². The van der Waals surface area contributed by atoms with Crippen molar-refractivity contribution in [2.75, 3.05) is 6.61 Å². The highest BCUT2D eigenvalue weighted by atomic mass is 28.4. The summed E-state index contributed by atoms with van der Waals surface area (Å²) in [6.45, 7) is 4.24. The van der Waals surface area contributed by atoms with Crippen LogP contribution in [0.2, 0.25) is 6.55 Å². The minimum atomic E-state index is -2.58. The van der Waals surface area contributed by atoms with Crippen LogP contribution in [0.25, 0.3) is 0 Å². The molecular formula is C9H14O2Si. The summed E-state index contributed by atoms with van der Waals surface area (Å²) in [7, 11) is -2.58. The third-order valence-electron chi connectivity index (χ3n) is 1.73. The van der Waals surface area contributed by atoms with Crippen molar-refractivity contribution in [3.05, 3.63) is 30.3 Å². The molecule has 0 aliphatic rings. The lowest BCUT2D eigenvalue weighted by atomic mass is 10.4. The van der Waals surface area contributed by atoms with Crippen LogP contribution in [0.5, 0.6) is 0 Å². The number of rotatable bonds is 3. The third-order valence-corrected chi connectivity index (χ3v) is 3.99. The Labute approximate surface area is 74.1 Å². The van der Waals surface area contributed by atoms with Gasteiger partial charge in [-0.1, -0.05) is 30.3 Å². The molecule has 12 heavy (non-hydrogen) atoms. The predicted octanol–water partition coefficient (Wildman–Crippen LogP) is 0.994. The van der Waals surface area contributed by atoms with E-state index < -0.39 is 8.56 Å². The number of hydrogen-bond acceptors (Lipinski definition) is 2. The first kappa shape index (κ1) is 9.44. The van der Waals surface area contributed by atoms with Crippen LogP contribution in [0.15, 0.2) is 30.3 Å². The highest BCUT2D eigenvalue weighted by Crippen LogP contribution is 2.00. The number of benzene rings is 1. The first-order chi connectivity index (χ1) is 5.67. The van der Waals surface area contributed by atoms with Crippen molar-refractivity contribution in [3.8, 4) is 0 Å². The van der Waals surface area contributed by atoms with Crippen molar-refractivity contribution < 1.29 is 9.22 Å². The molecular weight excluding hydrogens is 168 g/mol. The smallest absolute Gasteiger partial charge is 0.366 e. The van der Waals surface area contributed by atoms with E-state index in [4.69, 9.17) is 4.43 Å². The quantitative estimate of drug-likeness (QED) is 0.707. The van der Waals surface area contributed by atoms with E-state index >= 15 is 0 Å². The molecule has 1 aromatic rings. The topological polar surface area (TPSA) is 29.5 Å². The van der Waals surface area contributed by atoms with Crippen molar-refractivity contribution in [1.82, 2.24) is 0 Å².